The van der Waals surface area contributed by atoms with Crippen LogP contribution in [0.5, 0.6) is 0 Å². The number of tetrazole rings is 1. The molecule has 0 aliphatic heterocycles. The summed E-state index contributed by atoms with van der Waals surface area (Å²) in [4.78, 5) is 21.7. The number of hydrogen-bond acceptors (Lipinski definition) is 6. The van der Waals surface area contributed by atoms with Crippen LogP contribution in [-0.2, 0) is 23.1 Å². The van der Waals surface area contributed by atoms with E-state index in [0.717, 1.165) is 29.9 Å². The number of fused-ring (bicyclic) bond motifs is 1. The summed E-state index contributed by atoms with van der Waals surface area (Å²) < 4.78 is 0. The predicted molar refractivity (Wildman–Crippen MR) is 91.6 cm³/mol. The Balaban J connectivity index is 1.84. The maximum atomic E-state index is 12.4. The highest BCUT2D eigenvalue weighted by molar-refractivity contribution is 5.78. The number of H-pyrrole nitrogens is 1. The normalized spacial score (nSPS) is 19.3. The van der Waals surface area contributed by atoms with E-state index >= 15 is 0 Å². The molecular weight excluding hydrogens is 318 g/mol. The Morgan fingerprint density at radius 2 is 2.16 bits per heavy atom. The summed E-state index contributed by atoms with van der Waals surface area (Å²) in [6.07, 6.45) is 3.70. The smallest absolute Gasteiger partial charge is 0.228 e. The molecule has 0 spiro atoms. The minimum atomic E-state index is -0.130. The van der Waals surface area contributed by atoms with Crippen molar-refractivity contribution >= 4 is 5.91 Å². The highest BCUT2D eigenvalue weighted by Crippen LogP contribution is 2.40. The summed E-state index contributed by atoms with van der Waals surface area (Å²) in [5, 5.41) is 16.6. The highest BCUT2D eigenvalue weighted by atomic mass is 16.1. The van der Waals surface area contributed by atoms with Gasteiger partial charge in [-0.2, -0.15) is 5.21 Å². The predicted octanol–water partition coefficient (Wildman–Crippen LogP) is 1.66. The lowest BCUT2D eigenvalue weighted by Crippen LogP contribution is -2.38. The lowest BCUT2D eigenvalue weighted by atomic mass is 9.74. The third kappa shape index (κ3) is 4.00. The second-order valence-corrected chi connectivity index (χ2v) is 8.52. The molecule has 1 amide bonds. The van der Waals surface area contributed by atoms with Crippen LogP contribution in [0.1, 0.15) is 70.0 Å². The molecule has 134 valence electrons. The third-order valence-electron chi connectivity index (χ3n) is 4.39. The van der Waals surface area contributed by atoms with Gasteiger partial charge in [0.1, 0.15) is 5.82 Å². The zero-order valence-electron chi connectivity index (χ0n) is 15.4. The molecule has 2 heterocycles. The fourth-order valence-corrected chi connectivity index (χ4v) is 3.18. The van der Waals surface area contributed by atoms with Gasteiger partial charge in [0.15, 0.2) is 5.82 Å². The van der Waals surface area contributed by atoms with E-state index in [-0.39, 0.29) is 29.2 Å². The first kappa shape index (κ1) is 17.4. The summed E-state index contributed by atoms with van der Waals surface area (Å²) in [6.45, 7) is 10.7. The van der Waals surface area contributed by atoms with Crippen molar-refractivity contribution < 1.29 is 4.79 Å². The fourth-order valence-electron chi connectivity index (χ4n) is 3.18. The van der Waals surface area contributed by atoms with Gasteiger partial charge in [0.05, 0.1) is 12.5 Å². The van der Waals surface area contributed by atoms with Crippen LogP contribution in [0.4, 0.5) is 0 Å². The molecule has 8 nitrogen and oxygen atoms in total. The Bertz CT molecular complexity index is 762. The quantitative estimate of drug-likeness (QED) is 0.877. The van der Waals surface area contributed by atoms with E-state index in [2.05, 4.69) is 65.5 Å². The molecule has 0 aromatic carbocycles. The number of aromatic amines is 1. The number of nitrogens with zero attached hydrogens (tertiary/aromatic N) is 5. The van der Waals surface area contributed by atoms with Crippen LogP contribution >= 0.6 is 0 Å². The number of hydrogen-bond donors (Lipinski definition) is 2. The average molecular weight is 343 g/mol. The molecule has 0 bridgehead atoms. The van der Waals surface area contributed by atoms with Crippen molar-refractivity contribution in [2.45, 2.75) is 65.3 Å². The van der Waals surface area contributed by atoms with Crippen LogP contribution in [0.15, 0.2) is 6.20 Å². The average Bonchev–Trinajstić information content (AvgIpc) is 2.97. The molecule has 1 aliphatic rings. The Labute approximate surface area is 147 Å². The molecule has 2 N–H and O–H groups in total. The van der Waals surface area contributed by atoms with E-state index in [9.17, 15) is 4.79 Å². The second-order valence-electron chi connectivity index (χ2n) is 8.52. The Morgan fingerprint density at radius 3 is 2.80 bits per heavy atom. The maximum Gasteiger partial charge on any atom is 0.228 e. The number of amides is 1. The molecule has 0 unspecified atom stereocenters. The third-order valence-corrected chi connectivity index (χ3v) is 4.39. The summed E-state index contributed by atoms with van der Waals surface area (Å²) >= 11 is 0. The van der Waals surface area contributed by atoms with Gasteiger partial charge in [-0.05, 0) is 18.3 Å². The van der Waals surface area contributed by atoms with Gasteiger partial charge < -0.3 is 5.32 Å². The zero-order chi connectivity index (χ0) is 18.2. The van der Waals surface area contributed by atoms with Crippen LogP contribution in [0.25, 0.3) is 0 Å². The standard InChI is InChI=1S/C17H25N7O/c1-16(2,3)15-18-9-10-11(7-17(4,5)8-12(10)20-15)19-14(25)6-13-21-23-24-22-13/h9,11H,6-8H2,1-5H3,(H,19,25)(H,21,22,23,24)/t11-/m0/s1. The number of rotatable bonds is 3. The monoisotopic (exact) mass is 343 g/mol. The molecule has 2 aromatic rings. The zero-order valence-corrected chi connectivity index (χ0v) is 15.4. The summed E-state index contributed by atoms with van der Waals surface area (Å²) in [7, 11) is 0. The van der Waals surface area contributed by atoms with E-state index in [1.165, 1.54) is 0 Å². The van der Waals surface area contributed by atoms with Gasteiger partial charge in [-0.1, -0.05) is 39.8 Å². The molecule has 0 fully saturated rings. The second kappa shape index (κ2) is 6.16. The summed E-state index contributed by atoms with van der Waals surface area (Å²) in [5.41, 5.74) is 1.99. The van der Waals surface area contributed by atoms with E-state index in [4.69, 9.17) is 4.98 Å². The summed E-state index contributed by atoms with van der Waals surface area (Å²) in [5.74, 6) is 1.09. The first-order valence-corrected chi connectivity index (χ1v) is 8.52. The minimum absolute atomic E-state index is 0.0561. The van der Waals surface area contributed by atoms with Gasteiger partial charge in [-0.3, -0.25) is 4.79 Å². The Kier molecular flexibility index (Phi) is 4.30. The van der Waals surface area contributed by atoms with Crippen LogP contribution in [0.3, 0.4) is 0 Å². The van der Waals surface area contributed by atoms with Gasteiger partial charge in [0.25, 0.3) is 0 Å². The van der Waals surface area contributed by atoms with Gasteiger partial charge in [0, 0.05) is 22.9 Å². The lowest BCUT2D eigenvalue weighted by Gasteiger charge is -2.37. The van der Waals surface area contributed by atoms with Gasteiger partial charge >= 0.3 is 0 Å². The largest absolute Gasteiger partial charge is 0.349 e. The number of carbonyl (C=O) groups excluding carboxylic acids is 1. The van der Waals surface area contributed by atoms with Crippen molar-refractivity contribution in [3.63, 3.8) is 0 Å². The van der Waals surface area contributed by atoms with E-state index < -0.39 is 0 Å². The van der Waals surface area contributed by atoms with Crippen LogP contribution in [0, 0.1) is 5.41 Å². The van der Waals surface area contributed by atoms with Crippen molar-refractivity contribution in [1.29, 1.82) is 0 Å². The highest BCUT2D eigenvalue weighted by Gasteiger charge is 2.35. The molecule has 0 saturated heterocycles. The molecule has 2 aromatic heterocycles. The van der Waals surface area contributed by atoms with Crippen LogP contribution in [-0.4, -0.2) is 36.5 Å². The molecule has 0 radical (unpaired) electrons. The molecule has 8 heteroatoms. The molecule has 25 heavy (non-hydrogen) atoms. The first-order valence-electron chi connectivity index (χ1n) is 8.52. The van der Waals surface area contributed by atoms with E-state index in [1.54, 1.807) is 0 Å². The van der Waals surface area contributed by atoms with Crippen LogP contribution in [0.2, 0.25) is 0 Å². The molecule has 1 atom stereocenters. The van der Waals surface area contributed by atoms with Crippen molar-refractivity contribution in [3.8, 4) is 0 Å². The van der Waals surface area contributed by atoms with Crippen LogP contribution < -0.4 is 5.32 Å². The Hall–Kier alpha value is -2.38. The van der Waals surface area contributed by atoms with E-state index in [1.807, 2.05) is 6.20 Å². The van der Waals surface area contributed by atoms with Gasteiger partial charge in [-0.25, -0.2) is 9.97 Å². The summed E-state index contributed by atoms with van der Waals surface area (Å²) in [6, 6.07) is -0.104. The van der Waals surface area contributed by atoms with Crippen molar-refractivity contribution in [2.75, 3.05) is 0 Å². The molecule has 3 rings (SSSR count). The first-order chi connectivity index (χ1) is 11.6. The number of carbonyl (C=O) groups is 1. The fraction of sp³-hybridized carbons (Fsp3) is 0.647. The van der Waals surface area contributed by atoms with E-state index in [0.29, 0.717) is 5.82 Å². The molecule has 1 aliphatic carbocycles. The van der Waals surface area contributed by atoms with Gasteiger partial charge in [0.2, 0.25) is 5.91 Å². The van der Waals surface area contributed by atoms with Gasteiger partial charge in [-0.15, -0.1) is 10.2 Å². The minimum Gasteiger partial charge on any atom is -0.349 e. The Morgan fingerprint density at radius 1 is 1.40 bits per heavy atom. The topological polar surface area (TPSA) is 109 Å². The van der Waals surface area contributed by atoms with Crippen molar-refractivity contribution in [1.82, 2.24) is 35.9 Å². The van der Waals surface area contributed by atoms with Crippen molar-refractivity contribution in [3.05, 3.63) is 29.1 Å². The lowest BCUT2D eigenvalue weighted by molar-refractivity contribution is -0.121. The molecular formula is C17H25N7O. The number of nitrogens with one attached hydrogen (secondary N) is 2. The SMILES string of the molecule is CC1(C)Cc2nc(C(C)(C)C)ncc2[C@@H](NC(=O)Cc2nn[nH]n2)C1. The number of aromatic nitrogens is 6. The maximum absolute atomic E-state index is 12.4. The van der Waals surface area contributed by atoms with Crippen molar-refractivity contribution in [2.24, 2.45) is 5.41 Å². The molecule has 0 saturated carbocycles.